The molecule has 0 saturated heterocycles. The van der Waals surface area contributed by atoms with Gasteiger partial charge in [-0.25, -0.2) is 0 Å². The van der Waals surface area contributed by atoms with Gasteiger partial charge in [-0.15, -0.1) is 0 Å². The highest BCUT2D eigenvalue weighted by atomic mass is 16.5. The molecule has 1 aliphatic heterocycles. The minimum Gasteiger partial charge on any atom is -0.466 e. The lowest BCUT2D eigenvalue weighted by molar-refractivity contribution is -0.144. The second-order valence-electron chi connectivity index (χ2n) is 6.68. The lowest BCUT2D eigenvalue weighted by Crippen LogP contribution is -2.33. The van der Waals surface area contributed by atoms with Gasteiger partial charge in [0.15, 0.2) is 0 Å². The fourth-order valence-electron chi connectivity index (χ4n) is 3.13. The maximum atomic E-state index is 11.9. The zero-order valence-electron chi connectivity index (χ0n) is 16.1. The summed E-state index contributed by atoms with van der Waals surface area (Å²) in [7, 11) is 0. The average molecular weight is 384 g/mol. The molecule has 1 aliphatic rings. The average Bonchev–Trinajstić information content (AvgIpc) is 3.10. The molecule has 7 heteroatoms. The first kappa shape index (κ1) is 19.7. The number of amides is 2. The Balaban J connectivity index is 1.60. The summed E-state index contributed by atoms with van der Waals surface area (Å²) in [5.74, 6) is 1.12. The molecule has 0 unspecified atom stereocenters. The van der Waals surface area contributed by atoms with E-state index >= 15 is 0 Å². The summed E-state index contributed by atoms with van der Waals surface area (Å²) >= 11 is 0. The van der Waals surface area contributed by atoms with Gasteiger partial charge < -0.3 is 19.4 Å². The predicted molar refractivity (Wildman–Crippen MR) is 103 cm³/mol. The first-order valence-electron chi connectivity index (χ1n) is 9.39. The Bertz CT molecular complexity index is 869. The van der Waals surface area contributed by atoms with E-state index in [0.29, 0.717) is 31.8 Å². The summed E-state index contributed by atoms with van der Waals surface area (Å²) in [6.07, 6.45) is 0.856. The summed E-state index contributed by atoms with van der Waals surface area (Å²) in [5, 5.41) is 2.76. The molecular weight excluding hydrogens is 360 g/mol. The van der Waals surface area contributed by atoms with E-state index in [1.165, 1.54) is 0 Å². The molecule has 28 heavy (non-hydrogen) atoms. The third kappa shape index (κ3) is 4.79. The molecule has 0 aliphatic carbocycles. The van der Waals surface area contributed by atoms with Crippen molar-refractivity contribution in [1.82, 2.24) is 4.90 Å². The fourth-order valence-corrected chi connectivity index (χ4v) is 3.13. The molecule has 2 amide bonds. The Morgan fingerprint density at radius 1 is 1.18 bits per heavy atom. The number of hydrogen-bond acceptors (Lipinski definition) is 5. The number of carbonyl (C=O) groups excluding carboxylic acids is 3. The van der Waals surface area contributed by atoms with E-state index in [4.69, 9.17) is 9.15 Å². The number of rotatable bonds is 6. The number of benzene rings is 1. The standard InChI is InChI=1S/C21H24N2O5/c1-3-27-21(26)9-8-20(25)22-17-6-4-15(5-7-17)19-12-16-13-23(14(2)24)11-10-18(16)28-19/h4-7,12H,3,8-11,13H2,1-2H3,(H,22,25). The molecule has 0 fully saturated rings. The molecule has 1 N–H and O–H groups in total. The number of ether oxygens (including phenoxy) is 1. The van der Waals surface area contributed by atoms with Gasteiger partial charge in [-0.05, 0) is 37.3 Å². The minimum atomic E-state index is -0.377. The van der Waals surface area contributed by atoms with Crippen LogP contribution in [0.3, 0.4) is 0 Å². The van der Waals surface area contributed by atoms with E-state index in [0.717, 1.165) is 22.6 Å². The van der Waals surface area contributed by atoms with Crippen molar-refractivity contribution in [2.24, 2.45) is 0 Å². The summed E-state index contributed by atoms with van der Waals surface area (Å²) in [4.78, 5) is 36.6. The number of anilines is 1. The van der Waals surface area contributed by atoms with Crippen molar-refractivity contribution in [2.45, 2.75) is 39.7 Å². The molecular formula is C21H24N2O5. The van der Waals surface area contributed by atoms with Crippen LogP contribution in [-0.4, -0.2) is 35.8 Å². The predicted octanol–water partition coefficient (Wildman–Crippen LogP) is 3.13. The van der Waals surface area contributed by atoms with Crippen molar-refractivity contribution in [3.63, 3.8) is 0 Å². The van der Waals surface area contributed by atoms with Crippen LogP contribution in [0.5, 0.6) is 0 Å². The number of nitrogens with zero attached hydrogens (tertiary/aromatic N) is 1. The van der Waals surface area contributed by atoms with Crippen LogP contribution in [0.4, 0.5) is 5.69 Å². The number of esters is 1. The van der Waals surface area contributed by atoms with Crippen LogP contribution in [0.2, 0.25) is 0 Å². The summed E-state index contributed by atoms with van der Waals surface area (Å²) < 4.78 is 10.8. The number of nitrogens with one attached hydrogen (secondary N) is 1. The van der Waals surface area contributed by atoms with E-state index in [1.807, 2.05) is 18.2 Å². The maximum Gasteiger partial charge on any atom is 0.306 e. The second-order valence-corrected chi connectivity index (χ2v) is 6.68. The van der Waals surface area contributed by atoms with Gasteiger partial charge in [0.05, 0.1) is 13.0 Å². The summed E-state index contributed by atoms with van der Waals surface area (Å²) in [6.45, 7) is 4.86. The van der Waals surface area contributed by atoms with Gasteiger partial charge in [0, 0.05) is 49.7 Å². The third-order valence-electron chi connectivity index (χ3n) is 4.63. The van der Waals surface area contributed by atoms with Gasteiger partial charge >= 0.3 is 5.97 Å². The molecule has 7 nitrogen and oxygen atoms in total. The third-order valence-corrected chi connectivity index (χ3v) is 4.63. The van der Waals surface area contributed by atoms with Crippen molar-refractivity contribution in [3.05, 3.63) is 41.7 Å². The van der Waals surface area contributed by atoms with Crippen molar-refractivity contribution in [3.8, 4) is 11.3 Å². The van der Waals surface area contributed by atoms with Crippen molar-refractivity contribution in [1.29, 1.82) is 0 Å². The van der Waals surface area contributed by atoms with Crippen LogP contribution in [0.15, 0.2) is 34.7 Å². The SMILES string of the molecule is CCOC(=O)CCC(=O)Nc1ccc(-c2cc3c(o2)CCN(C(C)=O)C3)cc1. The van der Waals surface area contributed by atoms with Gasteiger partial charge in [-0.3, -0.25) is 14.4 Å². The molecule has 0 atom stereocenters. The minimum absolute atomic E-state index is 0.0625. The van der Waals surface area contributed by atoms with E-state index in [2.05, 4.69) is 5.32 Å². The van der Waals surface area contributed by atoms with Crippen LogP contribution in [0.25, 0.3) is 11.3 Å². The first-order valence-corrected chi connectivity index (χ1v) is 9.39. The van der Waals surface area contributed by atoms with Gasteiger partial charge in [-0.2, -0.15) is 0 Å². The Hall–Kier alpha value is -3.09. The zero-order valence-corrected chi connectivity index (χ0v) is 16.1. The normalized spacial score (nSPS) is 13.0. The first-order chi connectivity index (χ1) is 13.5. The Morgan fingerprint density at radius 2 is 1.93 bits per heavy atom. The van der Waals surface area contributed by atoms with Crippen LogP contribution in [0.1, 0.15) is 38.0 Å². The zero-order chi connectivity index (χ0) is 20.1. The summed E-state index contributed by atoms with van der Waals surface area (Å²) in [6, 6.07) is 9.29. The molecule has 2 heterocycles. The Labute approximate surface area is 163 Å². The quantitative estimate of drug-likeness (QED) is 0.773. The highest BCUT2D eigenvalue weighted by molar-refractivity contribution is 5.92. The van der Waals surface area contributed by atoms with Gasteiger partial charge in [0.25, 0.3) is 0 Å². The van der Waals surface area contributed by atoms with Crippen LogP contribution in [0, 0.1) is 0 Å². The lowest BCUT2D eigenvalue weighted by Gasteiger charge is -2.24. The lowest BCUT2D eigenvalue weighted by atomic mass is 10.1. The number of hydrogen-bond donors (Lipinski definition) is 1. The highest BCUT2D eigenvalue weighted by Crippen LogP contribution is 2.30. The topological polar surface area (TPSA) is 88.8 Å². The second kappa shape index (κ2) is 8.73. The van der Waals surface area contributed by atoms with Crippen LogP contribution >= 0.6 is 0 Å². The number of furan rings is 1. The molecule has 0 spiro atoms. The van der Waals surface area contributed by atoms with Crippen LogP contribution < -0.4 is 5.32 Å². The maximum absolute atomic E-state index is 11.9. The summed E-state index contributed by atoms with van der Waals surface area (Å²) in [5.41, 5.74) is 2.58. The fraction of sp³-hybridized carbons (Fsp3) is 0.381. The number of fused-ring (bicyclic) bond motifs is 1. The van der Waals surface area contributed by atoms with Crippen molar-refractivity contribution in [2.75, 3.05) is 18.5 Å². The van der Waals surface area contributed by atoms with Crippen molar-refractivity contribution < 1.29 is 23.5 Å². The smallest absolute Gasteiger partial charge is 0.306 e. The molecule has 1 aromatic heterocycles. The van der Waals surface area contributed by atoms with E-state index < -0.39 is 0 Å². The van der Waals surface area contributed by atoms with Crippen molar-refractivity contribution >= 4 is 23.5 Å². The molecule has 0 saturated carbocycles. The molecule has 148 valence electrons. The Morgan fingerprint density at radius 3 is 2.61 bits per heavy atom. The van der Waals surface area contributed by atoms with Gasteiger partial charge in [0.1, 0.15) is 11.5 Å². The Kier molecular flexibility index (Phi) is 6.13. The molecule has 1 aromatic carbocycles. The molecule has 3 rings (SSSR count). The monoisotopic (exact) mass is 384 g/mol. The largest absolute Gasteiger partial charge is 0.466 e. The van der Waals surface area contributed by atoms with Gasteiger partial charge in [-0.1, -0.05) is 0 Å². The molecule has 0 radical (unpaired) electrons. The molecule has 0 bridgehead atoms. The van der Waals surface area contributed by atoms with E-state index in [1.54, 1.807) is 30.9 Å². The number of carbonyl (C=O) groups is 3. The van der Waals surface area contributed by atoms with Gasteiger partial charge in [0.2, 0.25) is 11.8 Å². The highest BCUT2D eigenvalue weighted by Gasteiger charge is 2.22. The molecule has 2 aromatic rings. The van der Waals surface area contributed by atoms with E-state index in [-0.39, 0.29) is 30.6 Å². The van der Waals surface area contributed by atoms with Crippen LogP contribution in [-0.2, 0) is 32.1 Å². The van der Waals surface area contributed by atoms with E-state index in [9.17, 15) is 14.4 Å².